The van der Waals surface area contributed by atoms with Crippen LogP contribution in [0.15, 0.2) is 12.1 Å². The third-order valence-corrected chi connectivity index (χ3v) is 4.26. The van der Waals surface area contributed by atoms with Crippen LogP contribution in [0.1, 0.15) is 32.1 Å². The van der Waals surface area contributed by atoms with E-state index in [2.05, 4.69) is 6.58 Å². The minimum Gasteiger partial charge on any atom is -0.445 e. The third kappa shape index (κ3) is 4.63. The van der Waals surface area contributed by atoms with Gasteiger partial charge in [-0.05, 0) is 37.8 Å². The fourth-order valence-corrected chi connectivity index (χ4v) is 3.21. The Hall–Kier alpha value is 1.19. The van der Waals surface area contributed by atoms with Crippen molar-refractivity contribution in [1.82, 2.24) is 4.90 Å². The molecule has 18 heavy (non-hydrogen) atoms. The van der Waals surface area contributed by atoms with Crippen LogP contribution in [-0.2, 0) is 0 Å². The van der Waals surface area contributed by atoms with Crippen LogP contribution in [0.2, 0.25) is 0 Å². The van der Waals surface area contributed by atoms with E-state index in [-0.39, 0.29) is 57.9 Å². The third-order valence-electron chi connectivity index (χ3n) is 4.26. The van der Waals surface area contributed by atoms with Gasteiger partial charge in [0.05, 0.1) is 0 Å². The molecule has 1 aliphatic heterocycles. The van der Waals surface area contributed by atoms with Crippen LogP contribution in [0.5, 0.6) is 0 Å². The zero-order valence-electron chi connectivity index (χ0n) is 11.2. The standard InChI is InChI=1S/C12H20BF3N.K/c1-10(13(14,15)16)8-17-7-6-11-4-2-3-5-12(11)9-17;/h11-12H,1-9H2;/q-1;+1. The smallest absolute Gasteiger partial charge is 0.445 e. The quantitative estimate of drug-likeness (QED) is 0.680. The van der Waals surface area contributed by atoms with E-state index in [4.69, 9.17) is 0 Å². The maximum absolute atomic E-state index is 12.5. The Morgan fingerprint density at radius 2 is 1.72 bits per heavy atom. The second kappa shape index (κ2) is 7.27. The van der Waals surface area contributed by atoms with Crippen LogP contribution in [0.4, 0.5) is 12.9 Å². The van der Waals surface area contributed by atoms with Gasteiger partial charge in [-0.2, -0.15) is 0 Å². The summed E-state index contributed by atoms with van der Waals surface area (Å²) < 4.78 is 37.4. The van der Waals surface area contributed by atoms with Gasteiger partial charge in [-0.25, -0.2) is 0 Å². The fourth-order valence-electron chi connectivity index (χ4n) is 3.21. The molecule has 2 unspecified atom stereocenters. The Bertz CT molecular complexity index is 296. The number of halogens is 3. The number of nitrogens with zero attached hydrogens (tertiary/aromatic N) is 1. The Kier molecular flexibility index (Phi) is 6.97. The Labute approximate surface area is 150 Å². The Morgan fingerprint density at radius 3 is 2.33 bits per heavy atom. The number of rotatable bonds is 3. The molecular weight excluding hydrogens is 265 g/mol. The molecule has 98 valence electrons. The van der Waals surface area contributed by atoms with Gasteiger partial charge in [0, 0.05) is 6.54 Å². The molecule has 0 aromatic heterocycles. The number of piperidine rings is 1. The molecule has 1 saturated carbocycles. The van der Waals surface area contributed by atoms with Crippen LogP contribution in [-0.4, -0.2) is 31.5 Å². The Balaban J connectivity index is 0.00000162. The average Bonchev–Trinajstić information content (AvgIpc) is 2.27. The first-order valence-corrected chi connectivity index (χ1v) is 6.57. The van der Waals surface area contributed by atoms with E-state index < -0.39 is 12.4 Å². The fraction of sp³-hybridized carbons (Fsp3) is 0.833. The first kappa shape index (κ1) is 17.2. The summed E-state index contributed by atoms with van der Waals surface area (Å²) in [5, 5.41) is 0. The zero-order valence-corrected chi connectivity index (χ0v) is 14.3. The van der Waals surface area contributed by atoms with Crippen LogP contribution < -0.4 is 51.4 Å². The summed E-state index contributed by atoms with van der Waals surface area (Å²) in [7, 11) is 0. The van der Waals surface area contributed by atoms with E-state index >= 15 is 0 Å². The van der Waals surface area contributed by atoms with Crippen molar-refractivity contribution in [2.75, 3.05) is 19.6 Å². The van der Waals surface area contributed by atoms with Crippen molar-refractivity contribution in [2.45, 2.75) is 32.1 Å². The van der Waals surface area contributed by atoms with Gasteiger partial charge in [-0.1, -0.05) is 19.3 Å². The molecular formula is C12H20BF3KN. The average molecular weight is 285 g/mol. The van der Waals surface area contributed by atoms with Crippen molar-refractivity contribution in [1.29, 1.82) is 0 Å². The van der Waals surface area contributed by atoms with Crippen molar-refractivity contribution in [3.8, 4) is 0 Å². The molecule has 0 aromatic rings. The summed E-state index contributed by atoms with van der Waals surface area (Å²) in [5.74, 6) is 1.40. The normalized spacial score (nSPS) is 29.3. The van der Waals surface area contributed by atoms with Crippen molar-refractivity contribution in [3.05, 3.63) is 12.1 Å². The van der Waals surface area contributed by atoms with Crippen LogP contribution in [0.25, 0.3) is 0 Å². The van der Waals surface area contributed by atoms with Gasteiger partial charge in [0.25, 0.3) is 0 Å². The molecule has 6 heteroatoms. The largest absolute Gasteiger partial charge is 1.00 e. The first-order chi connectivity index (χ1) is 7.97. The molecule has 0 aromatic carbocycles. The molecule has 2 aliphatic rings. The molecule has 1 saturated heterocycles. The van der Waals surface area contributed by atoms with Gasteiger partial charge in [0.2, 0.25) is 0 Å². The van der Waals surface area contributed by atoms with Crippen molar-refractivity contribution < 1.29 is 64.3 Å². The summed E-state index contributed by atoms with van der Waals surface area (Å²) in [4.78, 5) is 1.95. The second-order valence-corrected chi connectivity index (χ2v) is 5.56. The van der Waals surface area contributed by atoms with Gasteiger partial charge in [0.1, 0.15) is 0 Å². The van der Waals surface area contributed by atoms with Crippen LogP contribution in [0, 0.1) is 11.8 Å². The van der Waals surface area contributed by atoms with Crippen molar-refractivity contribution in [2.24, 2.45) is 11.8 Å². The second-order valence-electron chi connectivity index (χ2n) is 5.56. The van der Waals surface area contributed by atoms with Gasteiger partial charge in [-0.3, -0.25) is 0 Å². The molecule has 2 atom stereocenters. The number of hydrogen-bond donors (Lipinski definition) is 0. The van der Waals surface area contributed by atoms with Crippen molar-refractivity contribution in [3.63, 3.8) is 0 Å². The first-order valence-electron chi connectivity index (χ1n) is 6.57. The van der Waals surface area contributed by atoms with Gasteiger partial charge in [-0.15, -0.1) is 12.1 Å². The molecule has 1 aliphatic carbocycles. The minimum absolute atomic E-state index is 0. The van der Waals surface area contributed by atoms with Gasteiger partial charge in [0.15, 0.2) is 0 Å². The number of likely N-dealkylation sites (tertiary alicyclic amines) is 1. The molecule has 0 bridgehead atoms. The topological polar surface area (TPSA) is 3.24 Å². The summed E-state index contributed by atoms with van der Waals surface area (Å²) in [6.45, 7) is 0.00182. The minimum atomic E-state index is -4.86. The van der Waals surface area contributed by atoms with E-state index in [9.17, 15) is 12.9 Å². The van der Waals surface area contributed by atoms with Gasteiger partial charge < -0.3 is 17.8 Å². The molecule has 0 amide bonds. The predicted molar refractivity (Wildman–Crippen MR) is 64.7 cm³/mol. The van der Waals surface area contributed by atoms with E-state index in [0.717, 1.165) is 25.4 Å². The summed E-state index contributed by atoms with van der Waals surface area (Å²) in [6.07, 6.45) is 6.11. The Morgan fingerprint density at radius 1 is 1.11 bits per heavy atom. The monoisotopic (exact) mass is 285 g/mol. The zero-order chi connectivity index (χ0) is 12.5. The summed E-state index contributed by atoms with van der Waals surface area (Å²) >= 11 is 0. The molecule has 0 radical (unpaired) electrons. The molecule has 1 heterocycles. The van der Waals surface area contributed by atoms with E-state index in [1.54, 1.807) is 0 Å². The van der Waals surface area contributed by atoms with Crippen LogP contribution in [0.3, 0.4) is 0 Å². The number of hydrogen-bond acceptors (Lipinski definition) is 1. The summed E-state index contributed by atoms with van der Waals surface area (Å²) in [5.41, 5.74) is -0.542. The molecule has 2 fully saturated rings. The molecule has 0 spiro atoms. The van der Waals surface area contributed by atoms with Crippen molar-refractivity contribution >= 4 is 6.98 Å². The maximum Gasteiger partial charge on any atom is 1.00 e. The van der Waals surface area contributed by atoms with Crippen LogP contribution >= 0.6 is 0 Å². The van der Waals surface area contributed by atoms with E-state index in [0.29, 0.717) is 5.92 Å². The predicted octanol–water partition coefficient (Wildman–Crippen LogP) is 0.445. The maximum atomic E-state index is 12.5. The summed E-state index contributed by atoms with van der Waals surface area (Å²) in [6, 6.07) is 0. The van der Waals surface area contributed by atoms with Gasteiger partial charge >= 0.3 is 58.4 Å². The molecule has 1 nitrogen and oxygen atoms in total. The van der Waals surface area contributed by atoms with E-state index in [1.165, 1.54) is 25.7 Å². The SMILES string of the molecule is C=C(CN1CCC2CCCCC2C1)[B-](F)(F)F.[K+]. The molecule has 2 rings (SSSR count). The number of fused-ring (bicyclic) bond motifs is 1. The molecule has 0 N–H and O–H groups in total. The van der Waals surface area contributed by atoms with E-state index in [1.807, 2.05) is 4.90 Å².